The second-order valence-corrected chi connectivity index (χ2v) is 19.1. The van der Waals surface area contributed by atoms with Gasteiger partial charge in [0.15, 0.2) is 6.10 Å². The summed E-state index contributed by atoms with van der Waals surface area (Å²) in [5.74, 6) is -0.942. The molecule has 0 bridgehead atoms. The fourth-order valence-corrected chi connectivity index (χ4v) is 7.68. The lowest BCUT2D eigenvalue weighted by atomic mass is 10.1. The molecule has 0 aliphatic rings. The predicted octanol–water partition coefficient (Wildman–Crippen LogP) is 20.4. The van der Waals surface area contributed by atoms with Crippen LogP contribution in [-0.2, 0) is 28.6 Å². The van der Waals surface area contributed by atoms with E-state index in [1.165, 1.54) is 32.1 Å². The summed E-state index contributed by atoms with van der Waals surface area (Å²) in [6, 6.07) is 0. The number of hydrogen-bond acceptors (Lipinski definition) is 6. The third-order valence-corrected chi connectivity index (χ3v) is 12.1. The molecule has 0 aliphatic heterocycles. The lowest BCUT2D eigenvalue weighted by Gasteiger charge is -2.18. The third kappa shape index (κ3) is 58.2. The predicted molar refractivity (Wildman–Crippen MR) is 320 cm³/mol. The van der Waals surface area contributed by atoms with E-state index in [9.17, 15) is 14.4 Å². The van der Waals surface area contributed by atoms with Gasteiger partial charge in [-0.2, -0.15) is 0 Å². The summed E-state index contributed by atoms with van der Waals surface area (Å²) in [5, 5.41) is 0. The molecule has 0 saturated carbocycles. The van der Waals surface area contributed by atoms with E-state index in [2.05, 4.69) is 167 Å². The van der Waals surface area contributed by atoms with Crippen molar-refractivity contribution in [1.82, 2.24) is 0 Å². The number of ether oxygens (including phenoxy) is 3. The molecular formula is C68H108O6. The van der Waals surface area contributed by atoms with Gasteiger partial charge in [-0.25, -0.2) is 0 Å². The Bertz CT molecular complexity index is 1640. The molecule has 74 heavy (non-hydrogen) atoms. The molecule has 0 radical (unpaired) electrons. The van der Waals surface area contributed by atoms with E-state index in [0.717, 1.165) is 173 Å². The minimum Gasteiger partial charge on any atom is -0.462 e. The van der Waals surface area contributed by atoms with Gasteiger partial charge in [0.25, 0.3) is 0 Å². The largest absolute Gasteiger partial charge is 0.462 e. The Morgan fingerprint density at radius 1 is 0.284 bits per heavy atom. The van der Waals surface area contributed by atoms with Gasteiger partial charge in [-0.3, -0.25) is 14.4 Å². The highest BCUT2D eigenvalue weighted by atomic mass is 16.6. The maximum atomic E-state index is 12.8. The van der Waals surface area contributed by atoms with Crippen LogP contribution in [0.15, 0.2) is 146 Å². The van der Waals surface area contributed by atoms with E-state index in [1.54, 1.807) is 0 Å². The van der Waals surface area contributed by atoms with Crippen LogP contribution in [-0.4, -0.2) is 37.2 Å². The Morgan fingerprint density at radius 2 is 0.527 bits per heavy atom. The Labute approximate surface area is 455 Å². The molecule has 6 heteroatoms. The summed E-state index contributed by atoms with van der Waals surface area (Å²) in [7, 11) is 0. The molecule has 0 fully saturated rings. The van der Waals surface area contributed by atoms with E-state index < -0.39 is 6.10 Å². The van der Waals surface area contributed by atoms with Crippen LogP contribution in [0.1, 0.15) is 245 Å². The molecular weight excluding hydrogens is 913 g/mol. The highest BCUT2D eigenvalue weighted by molar-refractivity contribution is 5.71. The van der Waals surface area contributed by atoms with Crippen LogP contribution >= 0.6 is 0 Å². The van der Waals surface area contributed by atoms with Crippen molar-refractivity contribution in [3.8, 4) is 0 Å². The summed E-state index contributed by atoms with van der Waals surface area (Å²) in [4.78, 5) is 38.0. The number of esters is 3. The lowest BCUT2D eigenvalue weighted by molar-refractivity contribution is -0.167. The van der Waals surface area contributed by atoms with Gasteiger partial charge in [0.2, 0.25) is 0 Å². The number of carbonyl (C=O) groups excluding carboxylic acids is 3. The zero-order chi connectivity index (χ0) is 53.6. The summed E-state index contributed by atoms with van der Waals surface area (Å²) >= 11 is 0. The van der Waals surface area contributed by atoms with Crippen molar-refractivity contribution in [2.24, 2.45) is 0 Å². The average molecular weight is 1020 g/mol. The first kappa shape index (κ1) is 69.3. The average Bonchev–Trinajstić information content (AvgIpc) is 3.40. The number of allylic oxidation sites excluding steroid dienone is 24. The van der Waals surface area contributed by atoms with Crippen molar-refractivity contribution in [3.63, 3.8) is 0 Å². The second-order valence-electron chi connectivity index (χ2n) is 19.1. The number of unbranched alkanes of at least 4 members (excludes halogenated alkanes) is 17. The molecule has 1 unspecified atom stereocenters. The molecule has 0 amide bonds. The molecule has 0 aromatic carbocycles. The van der Waals surface area contributed by atoms with Gasteiger partial charge < -0.3 is 14.2 Å². The van der Waals surface area contributed by atoms with Gasteiger partial charge in [-0.1, -0.05) is 250 Å². The highest BCUT2D eigenvalue weighted by Gasteiger charge is 2.19. The fraction of sp³-hybridized carbons (Fsp3) is 0.603. The summed E-state index contributed by atoms with van der Waals surface area (Å²) in [6.07, 6.45) is 87.2. The maximum absolute atomic E-state index is 12.8. The Morgan fingerprint density at radius 3 is 0.824 bits per heavy atom. The molecule has 416 valence electrons. The van der Waals surface area contributed by atoms with E-state index in [1.807, 2.05) is 0 Å². The smallest absolute Gasteiger partial charge is 0.306 e. The maximum Gasteiger partial charge on any atom is 0.306 e. The summed E-state index contributed by atoms with van der Waals surface area (Å²) in [6.45, 7) is 6.34. The first-order valence-electron chi connectivity index (χ1n) is 29.8. The van der Waals surface area contributed by atoms with Crippen molar-refractivity contribution in [2.45, 2.75) is 252 Å². The van der Waals surface area contributed by atoms with Crippen molar-refractivity contribution < 1.29 is 28.6 Å². The van der Waals surface area contributed by atoms with Crippen molar-refractivity contribution in [3.05, 3.63) is 146 Å². The number of rotatable bonds is 52. The van der Waals surface area contributed by atoms with Crippen LogP contribution in [0.2, 0.25) is 0 Å². The topological polar surface area (TPSA) is 78.9 Å². The second kappa shape index (κ2) is 60.8. The van der Waals surface area contributed by atoms with E-state index in [4.69, 9.17) is 14.2 Å². The highest BCUT2D eigenvalue weighted by Crippen LogP contribution is 2.14. The van der Waals surface area contributed by atoms with Crippen LogP contribution in [0.4, 0.5) is 0 Å². The van der Waals surface area contributed by atoms with E-state index >= 15 is 0 Å². The molecule has 1 atom stereocenters. The minimum absolute atomic E-state index is 0.0948. The molecule has 0 spiro atoms. The summed E-state index contributed by atoms with van der Waals surface area (Å²) in [5.41, 5.74) is 0. The molecule has 0 heterocycles. The number of hydrogen-bond donors (Lipinski definition) is 0. The van der Waals surface area contributed by atoms with Gasteiger partial charge in [0.05, 0.1) is 0 Å². The van der Waals surface area contributed by atoms with Crippen LogP contribution in [0, 0.1) is 0 Å². The molecule has 0 rings (SSSR count). The standard InChI is InChI=1S/C68H108O6/c1-4-7-10-13-16-19-21-23-25-26-27-28-29-30-31-32-33-34-35-36-37-38-39-40-41-42-44-45-47-49-52-55-58-61-67(70)73-64-65(63-72-66(69)60-57-54-51-18-15-12-9-6-3)74-68(71)62-59-56-53-50-48-46-43-24-22-20-17-14-11-8-5-2/h7-8,10-11,16-17,19-20,23-25,27-28,30-31,33-34,36-37,39-40,42-44,65H,4-6,9,12-15,18,21-22,26,29,32,35,38,41,45-64H2,1-3H3/b10-7-,11-8-,19-16-,20-17-,25-23-,28-27-,31-30-,34-33-,37-36-,40-39-,43-24-,44-42-. The van der Waals surface area contributed by atoms with E-state index in [0.29, 0.717) is 19.3 Å². The molecule has 0 saturated heterocycles. The van der Waals surface area contributed by atoms with Crippen LogP contribution in [0.3, 0.4) is 0 Å². The monoisotopic (exact) mass is 1020 g/mol. The van der Waals surface area contributed by atoms with Crippen LogP contribution in [0.25, 0.3) is 0 Å². The van der Waals surface area contributed by atoms with Crippen LogP contribution < -0.4 is 0 Å². The van der Waals surface area contributed by atoms with Gasteiger partial charge in [0, 0.05) is 19.3 Å². The van der Waals surface area contributed by atoms with Crippen molar-refractivity contribution in [1.29, 1.82) is 0 Å². The SMILES string of the molecule is CC/C=C\C/C=C\C/C=C\C/C=C\C/C=C\C/C=C\C/C=C\C/C=C\C/C=C\CCCCCCCC(=O)OCC(COC(=O)CCCCCCCCCC)OC(=O)CCCCCCC/C=C\C/C=C\C/C=C\CC. The van der Waals surface area contributed by atoms with Gasteiger partial charge in [-0.05, 0) is 122 Å². The summed E-state index contributed by atoms with van der Waals surface area (Å²) < 4.78 is 16.8. The Balaban J connectivity index is 4.24. The Hall–Kier alpha value is -4.71. The van der Waals surface area contributed by atoms with Crippen molar-refractivity contribution in [2.75, 3.05) is 13.2 Å². The first-order valence-corrected chi connectivity index (χ1v) is 29.8. The quantitative estimate of drug-likeness (QED) is 0.0261. The zero-order valence-electron chi connectivity index (χ0n) is 47.5. The van der Waals surface area contributed by atoms with Crippen LogP contribution in [0.5, 0.6) is 0 Å². The zero-order valence-corrected chi connectivity index (χ0v) is 47.5. The molecule has 0 aromatic heterocycles. The fourth-order valence-electron chi connectivity index (χ4n) is 7.68. The molecule has 0 aromatic rings. The first-order chi connectivity index (χ1) is 36.5. The van der Waals surface area contributed by atoms with Gasteiger partial charge in [-0.15, -0.1) is 0 Å². The molecule has 6 nitrogen and oxygen atoms in total. The molecule has 0 aliphatic carbocycles. The minimum atomic E-state index is -0.798. The number of carbonyl (C=O) groups is 3. The Kier molecular flexibility index (Phi) is 57.0. The lowest BCUT2D eigenvalue weighted by Crippen LogP contribution is -2.30. The van der Waals surface area contributed by atoms with Crippen molar-refractivity contribution >= 4 is 17.9 Å². The molecule has 0 N–H and O–H groups in total. The third-order valence-electron chi connectivity index (χ3n) is 12.1. The normalized spacial score (nSPS) is 13.2. The van der Waals surface area contributed by atoms with Gasteiger partial charge in [0.1, 0.15) is 13.2 Å². The van der Waals surface area contributed by atoms with E-state index in [-0.39, 0.29) is 31.1 Å². The van der Waals surface area contributed by atoms with Gasteiger partial charge >= 0.3 is 17.9 Å².